The smallest absolute Gasteiger partial charge is 0.267 e. The maximum atomic E-state index is 2.27. The molecule has 0 saturated heterocycles. The summed E-state index contributed by atoms with van der Waals surface area (Å²) in [5.74, 6) is 1.23. The predicted octanol–water partition coefficient (Wildman–Crippen LogP) is 3.14. The number of nitrogens with zero attached hydrogens (tertiary/aromatic N) is 2. The molecule has 19 heavy (non-hydrogen) atoms. The topological polar surface area (TPSA) is 7.12 Å². The van der Waals surface area contributed by atoms with Gasteiger partial charge in [0.05, 0.1) is 26.8 Å². The van der Waals surface area contributed by atoms with E-state index < -0.39 is 0 Å². The molecule has 0 saturated carbocycles. The van der Waals surface area contributed by atoms with Crippen molar-refractivity contribution in [3.8, 4) is 0 Å². The minimum absolute atomic E-state index is 0.998. The summed E-state index contributed by atoms with van der Waals surface area (Å²) in [5.41, 5.74) is 1.26. The lowest BCUT2D eigenvalue weighted by Gasteiger charge is -2.09. The molecule has 2 rings (SSSR count). The van der Waals surface area contributed by atoms with Gasteiger partial charge >= 0.3 is 0 Å². The van der Waals surface area contributed by atoms with Crippen LogP contribution in [0.2, 0.25) is 0 Å². The zero-order chi connectivity index (χ0) is 13.5. The Bertz CT molecular complexity index is 530. The zero-order valence-corrected chi connectivity index (χ0v) is 11.7. The first-order valence-corrected chi connectivity index (χ1v) is 6.65. The van der Waals surface area contributed by atoms with Crippen LogP contribution in [-0.4, -0.2) is 14.1 Å². The average Bonchev–Trinajstić information content (AvgIpc) is 2.45. The van der Waals surface area contributed by atoms with Gasteiger partial charge in [0.1, 0.15) is 0 Å². The summed E-state index contributed by atoms with van der Waals surface area (Å²) in [7, 11) is 4.15. The molecule has 0 N–H and O–H groups in total. The highest BCUT2D eigenvalue weighted by Gasteiger charge is 2.08. The molecule has 98 valence electrons. The summed E-state index contributed by atoms with van der Waals surface area (Å²) >= 11 is 0. The molecular formula is C17H21N2+. The van der Waals surface area contributed by atoms with E-state index in [9.17, 15) is 0 Å². The van der Waals surface area contributed by atoms with Crippen molar-refractivity contribution < 1.29 is 4.57 Å². The lowest BCUT2D eigenvalue weighted by molar-refractivity contribution is -0.683. The first kappa shape index (κ1) is 13.3. The van der Waals surface area contributed by atoms with Crippen LogP contribution in [0.1, 0.15) is 12.0 Å². The Morgan fingerprint density at radius 1 is 1.00 bits per heavy atom. The van der Waals surface area contributed by atoms with Gasteiger partial charge in [-0.15, -0.1) is 0 Å². The number of benzene rings is 1. The quantitative estimate of drug-likeness (QED) is 0.743. The molecule has 0 aliphatic rings. The molecule has 0 bridgehead atoms. The largest absolute Gasteiger partial charge is 0.276 e. The number of anilines is 1. The molecule has 2 heteroatoms. The van der Waals surface area contributed by atoms with Crippen molar-refractivity contribution >= 4 is 11.9 Å². The third-order valence-electron chi connectivity index (χ3n) is 3.02. The summed E-state index contributed by atoms with van der Waals surface area (Å²) in [6.07, 6.45) is 7.57. The minimum Gasteiger partial charge on any atom is -0.267 e. The van der Waals surface area contributed by atoms with E-state index in [0.29, 0.717) is 0 Å². The van der Waals surface area contributed by atoms with Crippen LogP contribution < -0.4 is 9.47 Å². The fourth-order valence-electron chi connectivity index (χ4n) is 2.06. The highest BCUT2D eigenvalue weighted by atomic mass is 15.2. The van der Waals surface area contributed by atoms with Crippen LogP contribution in [0.4, 0.5) is 5.82 Å². The van der Waals surface area contributed by atoms with E-state index in [1.165, 1.54) is 11.4 Å². The Morgan fingerprint density at radius 3 is 2.47 bits per heavy atom. The summed E-state index contributed by atoms with van der Waals surface area (Å²) in [6, 6.07) is 16.7. The van der Waals surface area contributed by atoms with Crippen LogP contribution in [0.15, 0.2) is 60.8 Å². The Morgan fingerprint density at radius 2 is 1.74 bits per heavy atom. The van der Waals surface area contributed by atoms with Crippen molar-refractivity contribution in [1.29, 1.82) is 0 Å². The molecule has 1 aromatic carbocycles. The molecule has 0 aliphatic carbocycles. The number of rotatable bonds is 5. The van der Waals surface area contributed by atoms with Crippen LogP contribution >= 0.6 is 0 Å². The highest BCUT2D eigenvalue weighted by molar-refractivity contribution is 5.48. The molecule has 2 aromatic rings. The minimum atomic E-state index is 0.998. The van der Waals surface area contributed by atoms with Gasteiger partial charge in [-0.1, -0.05) is 48.6 Å². The second-order valence-corrected chi connectivity index (χ2v) is 4.75. The molecule has 0 atom stereocenters. The number of allylic oxidation sites excluding steroid dienone is 1. The van der Waals surface area contributed by atoms with Gasteiger partial charge in [0.15, 0.2) is 0 Å². The van der Waals surface area contributed by atoms with Crippen LogP contribution in [0, 0.1) is 0 Å². The lowest BCUT2D eigenvalue weighted by Crippen LogP contribution is -2.39. The standard InChI is InChI=1S/C17H21N2/c1-18(2)17-13-7-9-15-19(17)14-8-6-12-16-10-4-3-5-11-16/h3-7,9-13,15H,8,14H2,1-2H3/q+1. The summed E-state index contributed by atoms with van der Waals surface area (Å²) in [5, 5.41) is 0. The number of aryl methyl sites for hydroxylation is 1. The van der Waals surface area contributed by atoms with Crippen molar-refractivity contribution in [2.45, 2.75) is 13.0 Å². The average molecular weight is 253 g/mol. The zero-order valence-electron chi connectivity index (χ0n) is 11.7. The van der Waals surface area contributed by atoms with E-state index in [4.69, 9.17) is 0 Å². The van der Waals surface area contributed by atoms with Crippen LogP contribution in [0.25, 0.3) is 6.08 Å². The lowest BCUT2D eigenvalue weighted by atomic mass is 10.2. The van der Waals surface area contributed by atoms with Gasteiger partial charge in [0.25, 0.3) is 5.82 Å². The molecule has 0 unspecified atom stereocenters. The van der Waals surface area contributed by atoms with Crippen molar-refractivity contribution in [2.24, 2.45) is 0 Å². The third kappa shape index (κ3) is 3.95. The number of pyridine rings is 1. The molecular weight excluding hydrogens is 232 g/mol. The fourth-order valence-corrected chi connectivity index (χ4v) is 2.06. The van der Waals surface area contributed by atoms with E-state index >= 15 is 0 Å². The van der Waals surface area contributed by atoms with E-state index in [1.54, 1.807) is 0 Å². The first-order chi connectivity index (χ1) is 9.27. The summed E-state index contributed by atoms with van der Waals surface area (Å²) in [6.45, 7) is 0.998. The first-order valence-electron chi connectivity index (χ1n) is 6.65. The number of hydrogen-bond acceptors (Lipinski definition) is 1. The van der Waals surface area contributed by atoms with Crippen LogP contribution in [0.5, 0.6) is 0 Å². The van der Waals surface area contributed by atoms with E-state index in [-0.39, 0.29) is 0 Å². The summed E-state index contributed by atoms with van der Waals surface area (Å²) < 4.78 is 2.27. The second-order valence-electron chi connectivity index (χ2n) is 4.75. The van der Waals surface area contributed by atoms with Gasteiger partial charge in [0.2, 0.25) is 0 Å². The Kier molecular flexibility index (Phi) is 4.73. The Hall–Kier alpha value is -2.09. The van der Waals surface area contributed by atoms with Gasteiger partial charge in [-0.3, -0.25) is 4.90 Å². The van der Waals surface area contributed by atoms with Crippen molar-refractivity contribution in [3.05, 3.63) is 66.4 Å². The van der Waals surface area contributed by atoms with Crippen LogP contribution in [-0.2, 0) is 6.54 Å². The van der Waals surface area contributed by atoms with Gasteiger partial charge in [-0.05, 0) is 11.6 Å². The predicted molar refractivity (Wildman–Crippen MR) is 81.1 cm³/mol. The molecule has 0 spiro atoms. The number of hydrogen-bond donors (Lipinski definition) is 0. The highest BCUT2D eigenvalue weighted by Crippen LogP contribution is 2.04. The molecule has 0 amide bonds. The molecule has 1 heterocycles. The molecule has 0 radical (unpaired) electrons. The normalized spacial score (nSPS) is 10.8. The Balaban J connectivity index is 1.95. The number of aromatic nitrogens is 1. The van der Waals surface area contributed by atoms with Gasteiger partial charge in [-0.25, -0.2) is 4.57 Å². The molecule has 0 aliphatic heterocycles. The van der Waals surface area contributed by atoms with E-state index in [0.717, 1.165) is 13.0 Å². The maximum absolute atomic E-state index is 2.27. The van der Waals surface area contributed by atoms with Gasteiger partial charge in [-0.2, -0.15) is 0 Å². The second kappa shape index (κ2) is 6.74. The molecule has 1 aromatic heterocycles. The monoisotopic (exact) mass is 253 g/mol. The van der Waals surface area contributed by atoms with Crippen molar-refractivity contribution in [2.75, 3.05) is 19.0 Å². The van der Waals surface area contributed by atoms with E-state index in [2.05, 4.69) is 84.4 Å². The third-order valence-corrected chi connectivity index (χ3v) is 3.02. The fraction of sp³-hybridized carbons (Fsp3) is 0.235. The summed E-state index contributed by atoms with van der Waals surface area (Å²) in [4.78, 5) is 2.14. The van der Waals surface area contributed by atoms with Crippen molar-refractivity contribution in [1.82, 2.24) is 0 Å². The maximum Gasteiger partial charge on any atom is 0.276 e. The van der Waals surface area contributed by atoms with Crippen LogP contribution in [0.3, 0.4) is 0 Å². The van der Waals surface area contributed by atoms with Gasteiger partial charge in [0, 0.05) is 12.5 Å². The SMILES string of the molecule is CN(C)c1cccc[n+]1CCC=Cc1ccccc1. The Labute approximate surface area is 115 Å². The van der Waals surface area contributed by atoms with E-state index in [1.807, 2.05) is 6.07 Å². The molecule has 2 nitrogen and oxygen atoms in total. The van der Waals surface area contributed by atoms with Crippen molar-refractivity contribution in [3.63, 3.8) is 0 Å². The van der Waals surface area contributed by atoms with Gasteiger partial charge < -0.3 is 0 Å². The molecule has 0 fully saturated rings.